The van der Waals surface area contributed by atoms with Crippen LogP contribution < -0.4 is 0 Å². The molecule has 0 saturated heterocycles. The Morgan fingerprint density at radius 1 is 1.19 bits per heavy atom. The van der Waals surface area contributed by atoms with E-state index in [0.29, 0.717) is 16.7 Å². The quantitative estimate of drug-likeness (QED) is 0.619. The molecule has 0 radical (unpaired) electrons. The lowest BCUT2D eigenvalue weighted by atomic mass is 9.48. The Balaban J connectivity index is 2.21. The van der Waals surface area contributed by atoms with Gasteiger partial charge in [0.25, 0.3) is 0 Å². The lowest BCUT2D eigenvalue weighted by Crippen LogP contribution is -2.49. The summed E-state index contributed by atoms with van der Waals surface area (Å²) in [6, 6.07) is 0. The zero-order valence-corrected chi connectivity index (χ0v) is 10.8. The fraction of sp³-hybridized carbons (Fsp3) is 0.867. The SMILES string of the molecule is C=C1[C@H](O)C2CCC13C(C)(C)CCC[C@]23C. The van der Waals surface area contributed by atoms with Crippen molar-refractivity contribution in [2.24, 2.45) is 22.2 Å². The Morgan fingerprint density at radius 2 is 1.88 bits per heavy atom. The Morgan fingerprint density at radius 3 is 2.50 bits per heavy atom. The van der Waals surface area contributed by atoms with Crippen LogP contribution in [0.1, 0.15) is 52.9 Å². The first-order valence-corrected chi connectivity index (χ1v) is 6.74. The lowest BCUT2D eigenvalue weighted by Gasteiger charge is -2.56. The maximum absolute atomic E-state index is 10.4. The van der Waals surface area contributed by atoms with Crippen molar-refractivity contribution in [1.82, 2.24) is 0 Å². The zero-order chi connectivity index (χ0) is 11.8. The van der Waals surface area contributed by atoms with Gasteiger partial charge in [-0.25, -0.2) is 0 Å². The Labute approximate surface area is 98.9 Å². The van der Waals surface area contributed by atoms with Crippen molar-refractivity contribution in [2.75, 3.05) is 0 Å². The summed E-state index contributed by atoms with van der Waals surface area (Å²) in [5.74, 6) is 0.486. The fourth-order valence-electron chi connectivity index (χ4n) is 5.88. The summed E-state index contributed by atoms with van der Waals surface area (Å²) in [5, 5.41) is 10.4. The van der Waals surface area contributed by atoms with E-state index in [1.54, 1.807) is 0 Å². The number of rotatable bonds is 0. The summed E-state index contributed by atoms with van der Waals surface area (Å²) in [7, 11) is 0. The molecule has 90 valence electrons. The molecule has 2 bridgehead atoms. The first-order valence-electron chi connectivity index (χ1n) is 6.74. The van der Waals surface area contributed by atoms with Gasteiger partial charge in [-0.1, -0.05) is 33.8 Å². The Bertz CT molecular complexity index is 356. The summed E-state index contributed by atoms with van der Waals surface area (Å²) in [6.07, 6.45) is 6.15. The van der Waals surface area contributed by atoms with Crippen LogP contribution in [0.5, 0.6) is 0 Å². The molecule has 1 heteroatoms. The Kier molecular flexibility index (Phi) is 1.86. The van der Waals surface area contributed by atoms with Crippen molar-refractivity contribution in [3.63, 3.8) is 0 Å². The second-order valence-electron chi connectivity index (χ2n) is 7.18. The highest BCUT2D eigenvalue weighted by atomic mass is 16.3. The molecule has 1 nitrogen and oxygen atoms in total. The van der Waals surface area contributed by atoms with Gasteiger partial charge in [-0.15, -0.1) is 0 Å². The molecule has 3 aliphatic rings. The van der Waals surface area contributed by atoms with Crippen LogP contribution >= 0.6 is 0 Å². The normalized spacial score (nSPS) is 54.1. The third-order valence-corrected chi connectivity index (χ3v) is 6.56. The molecule has 0 aliphatic heterocycles. The predicted molar refractivity (Wildman–Crippen MR) is 66.0 cm³/mol. The van der Waals surface area contributed by atoms with E-state index in [0.717, 1.165) is 5.57 Å². The third-order valence-electron chi connectivity index (χ3n) is 6.56. The molecule has 3 aliphatic carbocycles. The van der Waals surface area contributed by atoms with E-state index in [-0.39, 0.29) is 11.5 Å². The highest BCUT2D eigenvalue weighted by Gasteiger charge is 2.72. The van der Waals surface area contributed by atoms with Gasteiger partial charge in [-0.2, -0.15) is 0 Å². The smallest absolute Gasteiger partial charge is 0.0787 e. The van der Waals surface area contributed by atoms with Crippen molar-refractivity contribution in [3.05, 3.63) is 12.2 Å². The van der Waals surface area contributed by atoms with E-state index >= 15 is 0 Å². The van der Waals surface area contributed by atoms with Gasteiger partial charge in [0.2, 0.25) is 0 Å². The minimum Gasteiger partial charge on any atom is -0.388 e. The molecule has 16 heavy (non-hydrogen) atoms. The average Bonchev–Trinajstić information content (AvgIpc) is 2.57. The third kappa shape index (κ3) is 0.827. The first kappa shape index (κ1) is 10.8. The van der Waals surface area contributed by atoms with E-state index in [4.69, 9.17) is 0 Å². The van der Waals surface area contributed by atoms with Gasteiger partial charge in [0.15, 0.2) is 0 Å². The zero-order valence-electron chi connectivity index (χ0n) is 10.8. The van der Waals surface area contributed by atoms with Crippen molar-refractivity contribution < 1.29 is 5.11 Å². The second kappa shape index (κ2) is 2.75. The number of aliphatic hydroxyl groups excluding tert-OH is 1. The van der Waals surface area contributed by atoms with E-state index in [1.165, 1.54) is 32.1 Å². The van der Waals surface area contributed by atoms with Crippen LogP contribution in [0.2, 0.25) is 0 Å². The average molecular weight is 220 g/mol. The number of hydrogen-bond acceptors (Lipinski definition) is 1. The summed E-state index contributed by atoms with van der Waals surface area (Å²) < 4.78 is 0. The van der Waals surface area contributed by atoms with Crippen LogP contribution in [0.4, 0.5) is 0 Å². The number of aliphatic hydroxyl groups is 1. The molecule has 2 unspecified atom stereocenters. The summed E-state index contributed by atoms with van der Waals surface area (Å²) in [5.41, 5.74) is 2.03. The topological polar surface area (TPSA) is 20.2 Å². The summed E-state index contributed by atoms with van der Waals surface area (Å²) in [6.45, 7) is 11.5. The summed E-state index contributed by atoms with van der Waals surface area (Å²) >= 11 is 0. The van der Waals surface area contributed by atoms with Crippen molar-refractivity contribution in [2.45, 2.75) is 59.0 Å². The largest absolute Gasteiger partial charge is 0.388 e. The second-order valence-corrected chi connectivity index (χ2v) is 7.18. The molecule has 0 aromatic heterocycles. The van der Waals surface area contributed by atoms with Gasteiger partial charge in [0.05, 0.1) is 6.10 Å². The molecule has 4 atom stereocenters. The van der Waals surface area contributed by atoms with Crippen LogP contribution in [0, 0.1) is 22.2 Å². The molecule has 1 N–H and O–H groups in total. The Hall–Kier alpha value is -0.300. The minimum atomic E-state index is -0.226. The van der Waals surface area contributed by atoms with E-state index in [2.05, 4.69) is 27.4 Å². The summed E-state index contributed by atoms with van der Waals surface area (Å²) in [4.78, 5) is 0. The van der Waals surface area contributed by atoms with Gasteiger partial charge in [-0.3, -0.25) is 0 Å². The lowest BCUT2D eigenvalue weighted by molar-refractivity contribution is -0.0430. The standard InChI is InChI=1S/C15H24O/c1-10-12(16)11-6-9-15(10)13(2,3)7-5-8-14(11,15)4/h11-12,16H,1,5-9H2,2-4H3/t11?,12-,14+,15?/m0/s1. The highest BCUT2D eigenvalue weighted by molar-refractivity contribution is 5.37. The van der Waals surface area contributed by atoms with Crippen LogP contribution in [0.15, 0.2) is 12.2 Å². The van der Waals surface area contributed by atoms with Gasteiger partial charge in [-0.05, 0) is 48.0 Å². The van der Waals surface area contributed by atoms with Crippen LogP contribution in [0.25, 0.3) is 0 Å². The molecular weight excluding hydrogens is 196 g/mol. The fourth-order valence-corrected chi connectivity index (χ4v) is 5.88. The van der Waals surface area contributed by atoms with E-state index in [1.807, 2.05) is 0 Å². The molecular formula is C15H24O. The van der Waals surface area contributed by atoms with Crippen LogP contribution in [0.3, 0.4) is 0 Å². The molecule has 0 amide bonds. The minimum absolute atomic E-state index is 0.225. The van der Waals surface area contributed by atoms with Gasteiger partial charge in [0.1, 0.15) is 0 Å². The van der Waals surface area contributed by atoms with Crippen LogP contribution in [-0.2, 0) is 0 Å². The molecule has 3 saturated carbocycles. The van der Waals surface area contributed by atoms with Crippen molar-refractivity contribution >= 4 is 0 Å². The van der Waals surface area contributed by atoms with E-state index in [9.17, 15) is 5.11 Å². The molecule has 0 heterocycles. The van der Waals surface area contributed by atoms with Crippen molar-refractivity contribution in [3.8, 4) is 0 Å². The van der Waals surface area contributed by atoms with Gasteiger partial charge in [0, 0.05) is 5.41 Å². The van der Waals surface area contributed by atoms with Crippen LogP contribution in [-0.4, -0.2) is 11.2 Å². The molecule has 3 fully saturated rings. The van der Waals surface area contributed by atoms with Gasteiger partial charge >= 0.3 is 0 Å². The first-order chi connectivity index (χ1) is 7.37. The molecule has 0 aromatic rings. The monoisotopic (exact) mass is 220 g/mol. The maximum Gasteiger partial charge on any atom is 0.0787 e. The van der Waals surface area contributed by atoms with Crippen molar-refractivity contribution in [1.29, 1.82) is 0 Å². The number of hydrogen-bond donors (Lipinski definition) is 1. The van der Waals surface area contributed by atoms with E-state index < -0.39 is 0 Å². The molecule has 3 rings (SSSR count). The maximum atomic E-state index is 10.4. The predicted octanol–water partition coefficient (Wildman–Crippen LogP) is 3.53. The highest BCUT2D eigenvalue weighted by Crippen LogP contribution is 2.77. The van der Waals surface area contributed by atoms with Gasteiger partial charge < -0.3 is 5.11 Å². The molecule has 0 aromatic carbocycles. The molecule has 0 spiro atoms.